The fourth-order valence-corrected chi connectivity index (χ4v) is 2.93. The van der Waals surface area contributed by atoms with Gasteiger partial charge in [0.25, 0.3) is 5.91 Å². The van der Waals surface area contributed by atoms with Crippen LogP contribution in [0.5, 0.6) is 0 Å². The van der Waals surface area contributed by atoms with Crippen molar-refractivity contribution in [3.63, 3.8) is 0 Å². The number of aromatic amines is 1. The number of hydrogen-bond acceptors (Lipinski definition) is 4. The van der Waals surface area contributed by atoms with E-state index in [-0.39, 0.29) is 11.7 Å². The Morgan fingerprint density at radius 2 is 1.68 bits per heavy atom. The third-order valence-corrected chi connectivity index (χ3v) is 4.50. The van der Waals surface area contributed by atoms with E-state index in [1.165, 1.54) is 6.92 Å². The van der Waals surface area contributed by atoms with Crippen LogP contribution < -0.4 is 11.1 Å². The van der Waals surface area contributed by atoms with Gasteiger partial charge in [-0.15, -0.1) is 0 Å². The molecule has 4 aromatic rings. The van der Waals surface area contributed by atoms with Gasteiger partial charge in [-0.25, -0.2) is 4.98 Å². The summed E-state index contributed by atoms with van der Waals surface area (Å²) in [6, 6.07) is 18.0. The number of hydrogen-bond donors (Lipinski definition) is 3. The van der Waals surface area contributed by atoms with Crippen LogP contribution in [0.4, 0.5) is 11.4 Å². The maximum Gasteiger partial charge on any atom is 0.255 e. The lowest BCUT2D eigenvalue weighted by molar-refractivity contribution is 0.101. The maximum atomic E-state index is 12.3. The number of H-pyrrole nitrogens is 1. The first-order chi connectivity index (χ1) is 13.5. The molecule has 0 radical (unpaired) electrons. The lowest BCUT2D eigenvalue weighted by Gasteiger charge is -2.06. The van der Waals surface area contributed by atoms with Crippen LogP contribution in [0.15, 0.2) is 66.9 Å². The summed E-state index contributed by atoms with van der Waals surface area (Å²) in [4.78, 5) is 31.4. The van der Waals surface area contributed by atoms with Gasteiger partial charge in [-0.2, -0.15) is 0 Å². The molecule has 0 bridgehead atoms. The summed E-state index contributed by atoms with van der Waals surface area (Å²) in [6.07, 6.45) is 1.57. The second-order valence-electron chi connectivity index (χ2n) is 6.55. The van der Waals surface area contributed by atoms with Crippen molar-refractivity contribution in [2.75, 3.05) is 11.1 Å². The van der Waals surface area contributed by atoms with Crippen molar-refractivity contribution in [3.05, 3.63) is 78.0 Å². The normalized spacial score (nSPS) is 10.8. The molecule has 0 saturated carbocycles. The first-order valence-electron chi connectivity index (χ1n) is 8.76. The Bertz CT molecular complexity index is 1180. The molecule has 2 aromatic carbocycles. The van der Waals surface area contributed by atoms with E-state index in [2.05, 4.69) is 15.3 Å². The van der Waals surface area contributed by atoms with Crippen LogP contribution in [-0.4, -0.2) is 21.7 Å². The number of nitrogen functional groups attached to an aromatic ring is 1. The highest BCUT2D eigenvalue weighted by atomic mass is 16.1. The van der Waals surface area contributed by atoms with Crippen LogP contribution in [-0.2, 0) is 0 Å². The van der Waals surface area contributed by atoms with Gasteiger partial charge >= 0.3 is 0 Å². The summed E-state index contributed by atoms with van der Waals surface area (Å²) in [5.74, 6) is -0.210. The minimum atomic E-state index is -0.195. The van der Waals surface area contributed by atoms with Crippen LogP contribution >= 0.6 is 0 Å². The van der Waals surface area contributed by atoms with Crippen molar-refractivity contribution >= 4 is 34.1 Å². The number of benzene rings is 2. The summed E-state index contributed by atoms with van der Waals surface area (Å²) >= 11 is 0. The molecule has 6 nitrogen and oxygen atoms in total. The van der Waals surface area contributed by atoms with E-state index >= 15 is 0 Å². The fourth-order valence-electron chi connectivity index (χ4n) is 2.93. The van der Waals surface area contributed by atoms with Gasteiger partial charge < -0.3 is 16.0 Å². The van der Waals surface area contributed by atoms with Gasteiger partial charge in [0.05, 0.1) is 0 Å². The number of nitrogens with one attached hydrogen (secondary N) is 2. The first-order valence-corrected chi connectivity index (χ1v) is 8.76. The number of aromatic nitrogens is 2. The second-order valence-corrected chi connectivity index (χ2v) is 6.55. The third kappa shape index (κ3) is 3.48. The van der Waals surface area contributed by atoms with E-state index in [0.717, 1.165) is 22.3 Å². The SMILES string of the molecule is CC(=O)c1cnc2[nH]c(-c3ccc(NC(=O)c4ccc(N)cc4)cc3)cc2c1. The molecule has 4 rings (SSSR count). The van der Waals surface area contributed by atoms with Crippen molar-refractivity contribution in [1.29, 1.82) is 0 Å². The third-order valence-electron chi connectivity index (χ3n) is 4.50. The van der Waals surface area contributed by atoms with Gasteiger partial charge in [-0.05, 0) is 61.0 Å². The van der Waals surface area contributed by atoms with E-state index in [1.54, 1.807) is 30.5 Å². The standard InChI is InChI=1S/C22H18N4O2/c1-13(27)17-10-16-11-20(26-21(16)24-12-17)14-4-8-19(9-5-14)25-22(28)15-2-6-18(23)7-3-15/h2-12H,23H2,1H3,(H,24,26)(H,25,28). The van der Waals surface area contributed by atoms with Crippen LogP contribution in [0.2, 0.25) is 0 Å². The van der Waals surface area contributed by atoms with Gasteiger partial charge in [-0.1, -0.05) is 12.1 Å². The van der Waals surface area contributed by atoms with E-state index < -0.39 is 0 Å². The number of rotatable bonds is 4. The predicted octanol–water partition coefficient (Wildman–Crippen LogP) is 4.27. The van der Waals surface area contributed by atoms with Gasteiger partial charge in [0, 0.05) is 39.8 Å². The first kappa shape index (κ1) is 17.5. The number of nitrogens with zero attached hydrogens (tertiary/aromatic N) is 1. The molecular formula is C22H18N4O2. The molecule has 28 heavy (non-hydrogen) atoms. The number of Topliss-reactive ketones (excluding diaryl/α,β-unsaturated/α-hetero) is 1. The van der Waals surface area contributed by atoms with Crippen molar-refractivity contribution in [2.45, 2.75) is 6.92 Å². The molecule has 0 aliphatic rings. The van der Waals surface area contributed by atoms with Gasteiger partial charge in [-0.3, -0.25) is 9.59 Å². The molecule has 2 heterocycles. The van der Waals surface area contributed by atoms with E-state index in [0.29, 0.717) is 22.5 Å². The maximum absolute atomic E-state index is 12.3. The molecular weight excluding hydrogens is 352 g/mol. The average molecular weight is 370 g/mol. The summed E-state index contributed by atoms with van der Waals surface area (Å²) < 4.78 is 0. The number of ketones is 1. The minimum absolute atomic E-state index is 0.0154. The number of nitrogens with two attached hydrogens (primary N) is 1. The number of fused-ring (bicyclic) bond motifs is 1. The molecule has 138 valence electrons. The Balaban J connectivity index is 1.54. The van der Waals surface area contributed by atoms with Gasteiger partial charge in [0.1, 0.15) is 5.65 Å². The molecule has 0 fully saturated rings. The van der Waals surface area contributed by atoms with Crippen LogP contribution in [0.1, 0.15) is 27.6 Å². The number of carbonyl (C=O) groups is 2. The van der Waals surface area contributed by atoms with Crippen LogP contribution in [0.25, 0.3) is 22.3 Å². The number of carbonyl (C=O) groups excluding carboxylic acids is 2. The summed E-state index contributed by atoms with van der Waals surface area (Å²) in [7, 11) is 0. The number of amides is 1. The number of anilines is 2. The minimum Gasteiger partial charge on any atom is -0.399 e. The van der Waals surface area contributed by atoms with E-state index in [4.69, 9.17) is 5.73 Å². The van der Waals surface area contributed by atoms with Crippen LogP contribution in [0, 0.1) is 0 Å². The van der Waals surface area contributed by atoms with E-state index in [1.807, 2.05) is 36.4 Å². The van der Waals surface area contributed by atoms with Gasteiger partial charge in [0.15, 0.2) is 5.78 Å². The van der Waals surface area contributed by atoms with Crippen LogP contribution in [0.3, 0.4) is 0 Å². The lowest BCUT2D eigenvalue weighted by Crippen LogP contribution is -2.11. The molecule has 0 spiro atoms. The predicted molar refractivity (Wildman–Crippen MR) is 110 cm³/mol. The Labute approximate surface area is 161 Å². The zero-order valence-corrected chi connectivity index (χ0v) is 15.2. The van der Waals surface area contributed by atoms with Crippen molar-refractivity contribution in [2.24, 2.45) is 0 Å². The highest BCUT2D eigenvalue weighted by Crippen LogP contribution is 2.25. The highest BCUT2D eigenvalue weighted by Gasteiger charge is 2.09. The molecule has 1 amide bonds. The summed E-state index contributed by atoms with van der Waals surface area (Å²) in [5, 5.41) is 3.74. The zero-order chi connectivity index (χ0) is 19.7. The second kappa shape index (κ2) is 7.00. The van der Waals surface area contributed by atoms with Gasteiger partial charge in [0.2, 0.25) is 0 Å². The van der Waals surface area contributed by atoms with Crippen molar-refractivity contribution in [3.8, 4) is 11.3 Å². The lowest BCUT2D eigenvalue weighted by atomic mass is 10.1. The molecule has 2 aromatic heterocycles. The topological polar surface area (TPSA) is 101 Å². The Kier molecular flexibility index (Phi) is 4.37. The number of pyridine rings is 1. The smallest absolute Gasteiger partial charge is 0.255 e. The highest BCUT2D eigenvalue weighted by molar-refractivity contribution is 6.04. The molecule has 0 aliphatic carbocycles. The average Bonchev–Trinajstić information content (AvgIpc) is 3.12. The van der Waals surface area contributed by atoms with Crippen molar-refractivity contribution < 1.29 is 9.59 Å². The Hall–Kier alpha value is -3.93. The summed E-state index contributed by atoms with van der Waals surface area (Å²) in [5.41, 5.74) is 10.6. The fraction of sp³-hybridized carbons (Fsp3) is 0.0455. The molecule has 4 N–H and O–H groups in total. The zero-order valence-electron chi connectivity index (χ0n) is 15.2. The Morgan fingerprint density at radius 1 is 0.964 bits per heavy atom. The largest absolute Gasteiger partial charge is 0.399 e. The molecule has 0 aliphatic heterocycles. The quantitative estimate of drug-likeness (QED) is 0.369. The van der Waals surface area contributed by atoms with Crippen molar-refractivity contribution in [1.82, 2.24) is 9.97 Å². The van der Waals surface area contributed by atoms with E-state index in [9.17, 15) is 9.59 Å². The molecule has 6 heteroatoms. The molecule has 0 saturated heterocycles. The molecule has 0 atom stereocenters. The summed E-state index contributed by atoms with van der Waals surface area (Å²) in [6.45, 7) is 1.52. The monoisotopic (exact) mass is 370 g/mol. The molecule has 0 unspecified atom stereocenters. The Morgan fingerprint density at radius 3 is 2.36 bits per heavy atom.